The monoisotopic (exact) mass is 424 g/mol. The number of aromatic amines is 1. The van der Waals surface area contributed by atoms with E-state index in [9.17, 15) is 4.79 Å². The van der Waals surface area contributed by atoms with Crippen LogP contribution >= 0.6 is 0 Å². The second kappa shape index (κ2) is 7.79. The van der Waals surface area contributed by atoms with Crippen LogP contribution in [0.25, 0.3) is 33.4 Å². The molecule has 1 aliphatic carbocycles. The first-order valence-electron chi connectivity index (χ1n) is 11.3. The SMILES string of the molecule is O=C1NCCOc2cc(-c3[nH]nc4ncc(-c5ccc6c(c5)CCCCC6)cc34)ccc21. The van der Waals surface area contributed by atoms with Gasteiger partial charge in [0.05, 0.1) is 17.8 Å². The number of fused-ring (bicyclic) bond motifs is 3. The van der Waals surface area contributed by atoms with Crippen LogP contribution in [-0.2, 0) is 12.8 Å². The molecule has 0 spiro atoms. The number of hydrogen-bond donors (Lipinski definition) is 2. The van der Waals surface area contributed by atoms with Crippen molar-refractivity contribution in [3.63, 3.8) is 0 Å². The highest BCUT2D eigenvalue weighted by atomic mass is 16.5. The van der Waals surface area contributed by atoms with Crippen molar-refractivity contribution in [3.8, 4) is 28.1 Å². The van der Waals surface area contributed by atoms with E-state index in [1.54, 1.807) is 0 Å². The predicted molar refractivity (Wildman–Crippen MR) is 124 cm³/mol. The van der Waals surface area contributed by atoms with E-state index in [0.717, 1.165) is 28.6 Å². The Morgan fingerprint density at radius 3 is 2.69 bits per heavy atom. The molecule has 0 atom stereocenters. The Hall–Kier alpha value is -3.67. The summed E-state index contributed by atoms with van der Waals surface area (Å²) in [5.41, 5.74) is 8.24. The zero-order valence-electron chi connectivity index (χ0n) is 17.8. The molecule has 160 valence electrons. The summed E-state index contributed by atoms with van der Waals surface area (Å²) in [6, 6.07) is 14.6. The largest absolute Gasteiger partial charge is 0.491 e. The van der Waals surface area contributed by atoms with Gasteiger partial charge in [-0.3, -0.25) is 9.89 Å². The summed E-state index contributed by atoms with van der Waals surface area (Å²) in [7, 11) is 0. The van der Waals surface area contributed by atoms with E-state index in [1.165, 1.54) is 42.4 Å². The summed E-state index contributed by atoms with van der Waals surface area (Å²) in [4.78, 5) is 16.8. The number of benzene rings is 2. The first-order chi connectivity index (χ1) is 15.8. The van der Waals surface area contributed by atoms with E-state index < -0.39 is 0 Å². The van der Waals surface area contributed by atoms with Gasteiger partial charge in [-0.15, -0.1) is 0 Å². The van der Waals surface area contributed by atoms with Gasteiger partial charge >= 0.3 is 0 Å². The van der Waals surface area contributed by atoms with Gasteiger partial charge in [0.2, 0.25) is 0 Å². The van der Waals surface area contributed by atoms with Crippen molar-refractivity contribution in [2.75, 3.05) is 13.2 Å². The molecule has 32 heavy (non-hydrogen) atoms. The number of nitrogens with one attached hydrogen (secondary N) is 2. The van der Waals surface area contributed by atoms with E-state index in [2.05, 4.69) is 44.8 Å². The Bertz CT molecular complexity index is 1340. The van der Waals surface area contributed by atoms with Crippen LogP contribution in [0.1, 0.15) is 40.7 Å². The smallest absolute Gasteiger partial charge is 0.255 e. The zero-order chi connectivity index (χ0) is 21.5. The third-order valence-electron chi connectivity index (χ3n) is 6.50. The van der Waals surface area contributed by atoms with Crippen molar-refractivity contribution in [1.29, 1.82) is 0 Å². The lowest BCUT2D eigenvalue weighted by atomic mass is 9.96. The highest BCUT2D eigenvalue weighted by Gasteiger charge is 2.19. The fraction of sp³-hybridized carbons (Fsp3) is 0.269. The quantitative estimate of drug-likeness (QED) is 0.458. The normalized spacial score (nSPS) is 15.8. The van der Waals surface area contributed by atoms with Gasteiger partial charge in [-0.1, -0.05) is 30.7 Å². The molecule has 0 bridgehead atoms. The van der Waals surface area contributed by atoms with Crippen LogP contribution < -0.4 is 10.1 Å². The first-order valence-corrected chi connectivity index (χ1v) is 11.3. The molecular weight excluding hydrogens is 400 g/mol. The second-order valence-electron chi connectivity index (χ2n) is 8.55. The molecular formula is C26H24N4O2. The van der Waals surface area contributed by atoms with Crippen molar-refractivity contribution < 1.29 is 9.53 Å². The third-order valence-corrected chi connectivity index (χ3v) is 6.50. The number of pyridine rings is 1. The number of aryl methyl sites for hydroxylation is 2. The zero-order valence-corrected chi connectivity index (χ0v) is 17.8. The summed E-state index contributed by atoms with van der Waals surface area (Å²) in [6.45, 7) is 0.958. The van der Waals surface area contributed by atoms with Crippen molar-refractivity contribution >= 4 is 16.9 Å². The molecule has 3 heterocycles. The van der Waals surface area contributed by atoms with Crippen LogP contribution in [0.5, 0.6) is 5.75 Å². The van der Waals surface area contributed by atoms with Gasteiger partial charge in [-0.25, -0.2) is 4.98 Å². The number of H-pyrrole nitrogens is 1. The Labute approximate surface area is 186 Å². The topological polar surface area (TPSA) is 79.9 Å². The van der Waals surface area contributed by atoms with Gasteiger partial charge < -0.3 is 10.1 Å². The molecule has 1 aliphatic heterocycles. The van der Waals surface area contributed by atoms with Gasteiger partial charge in [-0.2, -0.15) is 5.10 Å². The molecule has 1 amide bonds. The molecule has 0 saturated carbocycles. The second-order valence-corrected chi connectivity index (χ2v) is 8.55. The van der Waals surface area contributed by atoms with Crippen molar-refractivity contribution in [1.82, 2.24) is 20.5 Å². The number of amides is 1. The third kappa shape index (κ3) is 3.32. The Morgan fingerprint density at radius 1 is 0.875 bits per heavy atom. The highest BCUT2D eigenvalue weighted by Crippen LogP contribution is 2.33. The molecule has 0 unspecified atom stereocenters. The molecule has 2 aliphatic rings. The van der Waals surface area contributed by atoms with Crippen molar-refractivity contribution in [2.24, 2.45) is 0 Å². The fourth-order valence-corrected chi connectivity index (χ4v) is 4.77. The molecule has 6 nitrogen and oxygen atoms in total. The minimum atomic E-state index is -0.106. The molecule has 2 aromatic carbocycles. The van der Waals surface area contributed by atoms with Crippen molar-refractivity contribution in [3.05, 3.63) is 65.4 Å². The van der Waals surface area contributed by atoms with Gasteiger partial charge in [0, 0.05) is 22.7 Å². The number of carbonyl (C=O) groups excluding carboxylic acids is 1. The summed E-state index contributed by atoms with van der Waals surface area (Å²) in [5.74, 6) is 0.487. The summed E-state index contributed by atoms with van der Waals surface area (Å²) >= 11 is 0. The number of aromatic nitrogens is 3. The molecule has 0 fully saturated rings. The fourth-order valence-electron chi connectivity index (χ4n) is 4.77. The average Bonchev–Trinajstić information content (AvgIpc) is 2.97. The summed E-state index contributed by atoms with van der Waals surface area (Å²) < 4.78 is 5.79. The van der Waals surface area contributed by atoms with Gasteiger partial charge in [0.1, 0.15) is 12.4 Å². The lowest BCUT2D eigenvalue weighted by molar-refractivity contribution is 0.0957. The van der Waals surface area contributed by atoms with E-state index in [1.807, 2.05) is 24.4 Å². The maximum Gasteiger partial charge on any atom is 0.255 e. The predicted octanol–water partition coefficient (Wildman–Crippen LogP) is 4.68. The van der Waals surface area contributed by atoms with Crippen LogP contribution in [-0.4, -0.2) is 34.2 Å². The molecule has 2 N–H and O–H groups in total. The molecule has 2 aromatic heterocycles. The average molecular weight is 425 g/mol. The van der Waals surface area contributed by atoms with Gasteiger partial charge in [-0.05, 0) is 60.6 Å². The van der Waals surface area contributed by atoms with E-state index >= 15 is 0 Å². The molecule has 6 heteroatoms. The summed E-state index contributed by atoms with van der Waals surface area (Å²) in [5, 5.41) is 11.3. The Kier molecular flexibility index (Phi) is 4.63. The number of hydrogen-bond acceptors (Lipinski definition) is 4. The van der Waals surface area contributed by atoms with E-state index in [0.29, 0.717) is 30.1 Å². The van der Waals surface area contributed by atoms with Crippen LogP contribution in [0.3, 0.4) is 0 Å². The number of nitrogens with zero attached hydrogens (tertiary/aromatic N) is 2. The first kappa shape index (κ1) is 19.0. The Balaban J connectivity index is 1.42. The van der Waals surface area contributed by atoms with Crippen molar-refractivity contribution in [2.45, 2.75) is 32.1 Å². The van der Waals surface area contributed by atoms with Gasteiger partial charge in [0.15, 0.2) is 5.65 Å². The maximum atomic E-state index is 12.2. The number of ether oxygens (including phenoxy) is 1. The van der Waals surface area contributed by atoms with E-state index in [4.69, 9.17) is 4.74 Å². The number of rotatable bonds is 2. The standard InChI is InChI=1S/C26H24N4O2/c31-26-21-9-8-19(14-23(21)32-11-10-27-26)24-22-13-20(15-28-25(22)30-29-24)18-7-6-16-4-2-1-3-5-17(16)12-18/h6-9,12-15H,1-5,10-11H2,(H,27,31)(H,28,29,30). The van der Waals surface area contributed by atoms with Crippen LogP contribution in [0.2, 0.25) is 0 Å². The summed E-state index contributed by atoms with van der Waals surface area (Å²) in [6.07, 6.45) is 8.08. The van der Waals surface area contributed by atoms with Crippen LogP contribution in [0, 0.1) is 0 Å². The van der Waals surface area contributed by atoms with Crippen LogP contribution in [0.4, 0.5) is 0 Å². The lowest BCUT2D eigenvalue weighted by Gasteiger charge is -2.10. The lowest BCUT2D eigenvalue weighted by Crippen LogP contribution is -2.24. The molecule has 0 radical (unpaired) electrons. The Morgan fingerprint density at radius 2 is 1.75 bits per heavy atom. The maximum absolute atomic E-state index is 12.2. The minimum Gasteiger partial charge on any atom is -0.491 e. The molecule has 4 aromatic rings. The molecule has 6 rings (SSSR count). The minimum absolute atomic E-state index is 0.106. The van der Waals surface area contributed by atoms with E-state index in [-0.39, 0.29) is 5.91 Å². The van der Waals surface area contributed by atoms with Crippen LogP contribution in [0.15, 0.2) is 48.7 Å². The molecule has 0 saturated heterocycles. The van der Waals surface area contributed by atoms with Gasteiger partial charge in [0.25, 0.3) is 5.91 Å². The number of carbonyl (C=O) groups is 1. The highest BCUT2D eigenvalue weighted by molar-refractivity contribution is 5.99.